The summed E-state index contributed by atoms with van der Waals surface area (Å²) in [5, 5.41) is 7.56. The fourth-order valence-corrected chi connectivity index (χ4v) is 3.04. The number of aromatic amines is 1. The van der Waals surface area contributed by atoms with Gasteiger partial charge in [0.25, 0.3) is 0 Å². The molecule has 0 atom stereocenters. The highest BCUT2D eigenvalue weighted by Gasteiger charge is 2.26. The van der Waals surface area contributed by atoms with E-state index >= 15 is 0 Å². The van der Waals surface area contributed by atoms with Crippen LogP contribution in [0.2, 0.25) is 0 Å². The SMILES string of the molecule is C=CCC(=O)N1CCc2[nH]nc(-c3ccc4c(c3)OCO4)c2C1. The average molecular weight is 311 g/mol. The Kier molecular flexibility index (Phi) is 3.29. The van der Waals surface area contributed by atoms with Crippen molar-refractivity contribution in [3.8, 4) is 22.8 Å². The van der Waals surface area contributed by atoms with Gasteiger partial charge in [0.15, 0.2) is 11.5 Å². The molecule has 2 aliphatic heterocycles. The molecule has 0 bridgehead atoms. The molecule has 1 aromatic carbocycles. The Morgan fingerprint density at radius 1 is 1.39 bits per heavy atom. The van der Waals surface area contributed by atoms with Gasteiger partial charge in [-0.05, 0) is 18.2 Å². The molecule has 1 amide bonds. The number of rotatable bonds is 3. The van der Waals surface area contributed by atoms with Crippen LogP contribution in [0.15, 0.2) is 30.9 Å². The number of carbonyl (C=O) groups is 1. The van der Waals surface area contributed by atoms with Crippen molar-refractivity contribution in [2.75, 3.05) is 13.3 Å². The van der Waals surface area contributed by atoms with Gasteiger partial charge in [-0.1, -0.05) is 6.08 Å². The second-order valence-electron chi connectivity index (χ2n) is 5.66. The molecule has 0 saturated heterocycles. The minimum Gasteiger partial charge on any atom is -0.454 e. The first-order valence-electron chi connectivity index (χ1n) is 7.61. The van der Waals surface area contributed by atoms with Crippen LogP contribution in [0.5, 0.6) is 11.5 Å². The Balaban J connectivity index is 1.66. The van der Waals surface area contributed by atoms with Gasteiger partial charge < -0.3 is 14.4 Å². The fraction of sp³-hybridized carbons (Fsp3) is 0.294. The Morgan fingerprint density at radius 2 is 2.26 bits per heavy atom. The number of amides is 1. The van der Waals surface area contributed by atoms with Crippen LogP contribution >= 0.6 is 0 Å². The lowest BCUT2D eigenvalue weighted by molar-refractivity contribution is -0.131. The Morgan fingerprint density at radius 3 is 3.13 bits per heavy atom. The molecule has 2 aliphatic rings. The lowest BCUT2D eigenvalue weighted by atomic mass is 10.0. The topological polar surface area (TPSA) is 67.5 Å². The van der Waals surface area contributed by atoms with E-state index in [0.29, 0.717) is 19.5 Å². The molecule has 2 aromatic rings. The summed E-state index contributed by atoms with van der Waals surface area (Å²) < 4.78 is 10.8. The molecule has 0 aliphatic carbocycles. The summed E-state index contributed by atoms with van der Waals surface area (Å²) in [5.41, 5.74) is 4.01. The number of fused-ring (bicyclic) bond motifs is 2. The van der Waals surface area contributed by atoms with Crippen molar-refractivity contribution < 1.29 is 14.3 Å². The minimum absolute atomic E-state index is 0.100. The van der Waals surface area contributed by atoms with Gasteiger partial charge in [0.05, 0.1) is 5.69 Å². The molecule has 6 heteroatoms. The van der Waals surface area contributed by atoms with E-state index in [2.05, 4.69) is 16.8 Å². The molecule has 1 aromatic heterocycles. The first kappa shape index (κ1) is 13.9. The van der Waals surface area contributed by atoms with Crippen LogP contribution < -0.4 is 9.47 Å². The predicted octanol–water partition coefficient (Wildman–Crippen LogP) is 2.27. The Bertz CT molecular complexity index is 781. The highest BCUT2D eigenvalue weighted by atomic mass is 16.7. The quantitative estimate of drug-likeness (QED) is 0.883. The van der Waals surface area contributed by atoms with Gasteiger partial charge in [-0.2, -0.15) is 5.10 Å². The summed E-state index contributed by atoms with van der Waals surface area (Å²) in [6.07, 6.45) is 2.80. The highest BCUT2D eigenvalue weighted by Crippen LogP contribution is 2.37. The number of aromatic nitrogens is 2. The smallest absolute Gasteiger partial charge is 0.231 e. The number of H-pyrrole nitrogens is 1. The van der Waals surface area contributed by atoms with Gasteiger partial charge in [0.2, 0.25) is 12.7 Å². The van der Waals surface area contributed by atoms with Gasteiger partial charge >= 0.3 is 0 Å². The van der Waals surface area contributed by atoms with Gasteiger partial charge in [-0.3, -0.25) is 9.89 Å². The molecule has 0 unspecified atom stereocenters. The summed E-state index contributed by atoms with van der Waals surface area (Å²) in [4.78, 5) is 14.0. The predicted molar refractivity (Wildman–Crippen MR) is 84.1 cm³/mol. The number of nitrogens with one attached hydrogen (secondary N) is 1. The van der Waals surface area contributed by atoms with E-state index in [1.165, 1.54) is 0 Å². The van der Waals surface area contributed by atoms with Crippen LogP contribution in [-0.4, -0.2) is 34.3 Å². The molecular formula is C17H17N3O3. The first-order valence-corrected chi connectivity index (χ1v) is 7.61. The summed E-state index contributed by atoms with van der Waals surface area (Å²) in [6, 6.07) is 5.79. The number of hydrogen-bond donors (Lipinski definition) is 1. The number of benzene rings is 1. The molecule has 4 rings (SSSR count). The normalized spacial score (nSPS) is 15.4. The third kappa shape index (κ3) is 2.36. The van der Waals surface area contributed by atoms with Gasteiger partial charge in [0.1, 0.15) is 0 Å². The van der Waals surface area contributed by atoms with Crippen LogP contribution in [0.3, 0.4) is 0 Å². The van der Waals surface area contributed by atoms with Crippen molar-refractivity contribution in [1.29, 1.82) is 0 Å². The largest absolute Gasteiger partial charge is 0.454 e. The molecule has 3 heterocycles. The van der Waals surface area contributed by atoms with E-state index in [4.69, 9.17) is 9.47 Å². The molecule has 118 valence electrons. The zero-order valence-electron chi connectivity index (χ0n) is 12.7. The molecule has 0 radical (unpaired) electrons. The maximum Gasteiger partial charge on any atom is 0.231 e. The molecule has 1 N–H and O–H groups in total. The molecule has 0 spiro atoms. The first-order chi connectivity index (χ1) is 11.3. The lowest BCUT2D eigenvalue weighted by Gasteiger charge is -2.27. The number of ether oxygens (including phenoxy) is 2. The summed E-state index contributed by atoms with van der Waals surface area (Å²) >= 11 is 0. The van der Waals surface area contributed by atoms with E-state index in [0.717, 1.165) is 40.4 Å². The lowest BCUT2D eigenvalue weighted by Crippen LogP contribution is -2.35. The van der Waals surface area contributed by atoms with Crippen LogP contribution in [0.25, 0.3) is 11.3 Å². The van der Waals surface area contributed by atoms with Gasteiger partial charge in [0, 0.05) is 42.8 Å². The standard InChI is InChI=1S/C17H17N3O3/c1-2-3-16(21)20-7-6-13-12(9-20)17(19-18-13)11-4-5-14-15(8-11)23-10-22-14/h2,4-5,8H,1,3,6-7,9-10H2,(H,18,19). The molecule has 0 saturated carbocycles. The summed E-state index contributed by atoms with van der Waals surface area (Å²) in [6.45, 7) is 5.17. The number of carbonyl (C=O) groups excluding carboxylic acids is 1. The highest BCUT2D eigenvalue weighted by molar-refractivity contribution is 5.78. The van der Waals surface area contributed by atoms with Crippen molar-refractivity contribution in [2.24, 2.45) is 0 Å². The molecular weight excluding hydrogens is 294 g/mol. The maximum atomic E-state index is 12.1. The number of hydrogen-bond acceptors (Lipinski definition) is 4. The number of nitrogens with zero attached hydrogens (tertiary/aromatic N) is 2. The average Bonchev–Trinajstić information content (AvgIpc) is 3.20. The minimum atomic E-state index is 0.100. The van der Waals surface area contributed by atoms with Crippen molar-refractivity contribution in [3.63, 3.8) is 0 Å². The molecule has 0 fully saturated rings. The second-order valence-corrected chi connectivity index (χ2v) is 5.66. The van der Waals surface area contributed by atoms with Crippen LogP contribution in [-0.2, 0) is 17.8 Å². The summed E-state index contributed by atoms with van der Waals surface area (Å²) in [7, 11) is 0. The Labute approximate surface area is 133 Å². The fourth-order valence-electron chi connectivity index (χ4n) is 3.04. The van der Waals surface area contributed by atoms with E-state index in [1.54, 1.807) is 6.08 Å². The van der Waals surface area contributed by atoms with E-state index < -0.39 is 0 Å². The Hall–Kier alpha value is -2.76. The van der Waals surface area contributed by atoms with E-state index in [-0.39, 0.29) is 12.7 Å². The molecule has 23 heavy (non-hydrogen) atoms. The monoisotopic (exact) mass is 311 g/mol. The van der Waals surface area contributed by atoms with Crippen LogP contribution in [0, 0.1) is 0 Å². The third-order valence-electron chi connectivity index (χ3n) is 4.25. The van der Waals surface area contributed by atoms with Crippen molar-refractivity contribution in [2.45, 2.75) is 19.4 Å². The molecule has 6 nitrogen and oxygen atoms in total. The van der Waals surface area contributed by atoms with Crippen molar-refractivity contribution in [1.82, 2.24) is 15.1 Å². The van der Waals surface area contributed by atoms with Gasteiger partial charge in [-0.15, -0.1) is 6.58 Å². The zero-order chi connectivity index (χ0) is 15.8. The zero-order valence-corrected chi connectivity index (χ0v) is 12.7. The van der Waals surface area contributed by atoms with Gasteiger partial charge in [-0.25, -0.2) is 0 Å². The maximum absolute atomic E-state index is 12.1. The second kappa shape index (κ2) is 5.46. The summed E-state index contributed by atoms with van der Waals surface area (Å²) in [5.74, 6) is 1.58. The van der Waals surface area contributed by atoms with E-state index in [1.807, 2.05) is 23.1 Å². The van der Waals surface area contributed by atoms with Crippen molar-refractivity contribution in [3.05, 3.63) is 42.1 Å². The van der Waals surface area contributed by atoms with Crippen LogP contribution in [0.1, 0.15) is 17.7 Å². The third-order valence-corrected chi connectivity index (χ3v) is 4.25. The van der Waals surface area contributed by atoms with Crippen molar-refractivity contribution >= 4 is 5.91 Å². The van der Waals surface area contributed by atoms with Crippen LogP contribution in [0.4, 0.5) is 0 Å². The van der Waals surface area contributed by atoms with E-state index in [9.17, 15) is 4.79 Å².